The van der Waals surface area contributed by atoms with Crippen LogP contribution in [0.25, 0.3) is 0 Å². The Morgan fingerprint density at radius 1 is 1.42 bits per heavy atom. The van der Waals surface area contributed by atoms with Crippen molar-refractivity contribution < 1.29 is 14.8 Å². The van der Waals surface area contributed by atoms with Crippen LogP contribution >= 0.6 is 0 Å². The maximum Gasteiger partial charge on any atom is 0.296 e. The minimum Gasteiger partial charge on any atom is -0.508 e. The van der Waals surface area contributed by atoms with Crippen LogP contribution in [0.1, 0.15) is 25.7 Å². The fourth-order valence-corrected chi connectivity index (χ4v) is 2.54. The minimum absolute atomic E-state index is 0.0713. The third-order valence-electron chi connectivity index (χ3n) is 3.52. The Labute approximate surface area is 111 Å². The molecule has 0 aromatic heterocycles. The summed E-state index contributed by atoms with van der Waals surface area (Å²) in [7, 11) is 1.66. The molecular weight excluding hydrogens is 248 g/mol. The van der Waals surface area contributed by atoms with Crippen molar-refractivity contribution >= 4 is 11.4 Å². The molecule has 1 saturated carbocycles. The zero-order chi connectivity index (χ0) is 13.8. The first kappa shape index (κ1) is 13.6. The molecule has 104 valence electrons. The number of anilines is 1. The van der Waals surface area contributed by atoms with E-state index in [2.05, 4.69) is 5.32 Å². The van der Waals surface area contributed by atoms with Crippen molar-refractivity contribution in [2.75, 3.05) is 12.4 Å². The fourth-order valence-electron chi connectivity index (χ4n) is 2.54. The van der Waals surface area contributed by atoms with E-state index in [1.807, 2.05) is 0 Å². The second-order valence-corrected chi connectivity index (χ2v) is 4.77. The van der Waals surface area contributed by atoms with Gasteiger partial charge in [-0.1, -0.05) is 12.8 Å². The molecule has 0 saturated heterocycles. The average Bonchev–Trinajstić information content (AvgIpc) is 2.41. The van der Waals surface area contributed by atoms with E-state index < -0.39 is 4.92 Å². The van der Waals surface area contributed by atoms with Gasteiger partial charge in [-0.15, -0.1) is 0 Å². The summed E-state index contributed by atoms with van der Waals surface area (Å²) < 4.78 is 5.42. The second-order valence-electron chi connectivity index (χ2n) is 4.77. The summed E-state index contributed by atoms with van der Waals surface area (Å²) in [6.45, 7) is 0. The van der Waals surface area contributed by atoms with Crippen LogP contribution in [0.5, 0.6) is 5.75 Å². The van der Waals surface area contributed by atoms with Crippen molar-refractivity contribution in [1.29, 1.82) is 0 Å². The number of nitrogens with one attached hydrogen (secondary N) is 1. The first-order valence-corrected chi connectivity index (χ1v) is 6.38. The highest BCUT2D eigenvalue weighted by molar-refractivity contribution is 5.64. The van der Waals surface area contributed by atoms with Crippen molar-refractivity contribution in [3.63, 3.8) is 0 Å². The Morgan fingerprint density at radius 2 is 2.16 bits per heavy atom. The number of nitrogens with zero attached hydrogens (tertiary/aromatic N) is 1. The van der Waals surface area contributed by atoms with Crippen LogP contribution in [0.2, 0.25) is 0 Å². The Balaban J connectivity index is 2.20. The standard InChI is InChI=1S/C13H18N2O4/c1-19-13-5-3-2-4-11(13)14-10-7-6-9(16)8-12(10)15(17)18/h6-8,11,13-14,16H,2-5H2,1H3. The molecule has 1 fully saturated rings. The lowest BCUT2D eigenvalue weighted by atomic mass is 9.92. The number of phenolic OH excluding ortho intramolecular Hbond substituents is 1. The Kier molecular flexibility index (Phi) is 4.21. The van der Waals surface area contributed by atoms with Gasteiger partial charge in [0.15, 0.2) is 0 Å². The van der Waals surface area contributed by atoms with Gasteiger partial charge in [-0.2, -0.15) is 0 Å². The molecule has 19 heavy (non-hydrogen) atoms. The molecule has 6 heteroatoms. The zero-order valence-electron chi connectivity index (χ0n) is 10.8. The Morgan fingerprint density at radius 3 is 2.84 bits per heavy atom. The highest BCUT2D eigenvalue weighted by Crippen LogP contribution is 2.31. The number of hydrogen-bond donors (Lipinski definition) is 2. The first-order valence-electron chi connectivity index (χ1n) is 6.38. The lowest BCUT2D eigenvalue weighted by Gasteiger charge is -2.31. The predicted molar refractivity (Wildman–Crippen MR) is 71.4 cm³/mol. The van der Waals surface area contributed by atoms with Crippen LogP contribution in [-0.4, -0.2) is 29.3 Å². The molecule has 6 nitrogen and oxygen atoms in total. The summed E-state index contributed by atoms with van der Waals surface area (Å²) in [4.78, 5) is 10.5. The SMILES string of the molecule is COC1CCCCC1Nc1ccc(O)cc1[N+](=O)[O-]. The number of ether oxygens (including phenoxy) is 1. The van der Waals surface area contributed by atoms with Gasteiger partial charge in [0.1, 0.15) is 11.4 Å². The molecule has 0 bridgehead atoms. The summed E-state index contributed by atoms with van der Waals surface area (Å²) in [5, 5.41) is 23.5. The lowest BCUT2D eigenvalue weighted by Crippen LogP contribution is -2.37. The molecule has 1 aromatic rings. The molecule has 2 unspecified atom stereocenters. The van der Waals surface area contributed by atoms with E-state index in [-0.39, 0.29) is 23.6 Å². The van der Waals surface area contributed by atoms with Crippen molar-refractivity contribution in [3.8, 4) is 5.75 Å². The molecule has 0 spiro atoms. The summed E-state index contributed by atoms with van der Waals surface area (Å²) in [5.74, 6) is -0.107. The van der Waals surface area contributed by atoms with Crippen molar-refractivity contribution in [3.05, 3.63) is 28.3 Å². The number of methoxy groups -OCH3 is 1. The van der Waals surface area contributed by atoms with Crippen molar-refractivity contribution in [2.45, 2.75) is 37.8 Å². The first-order chi connectivity index (χ1) is 9.11. The van der Waals surface area contributed by atoms with Gasteiger partial charge in [0, 0.05) is 7.11 Å². The average molecular weight is 266 g/mol. The Hall–Kier alpha value is -1.82. The molecule has 1 aliphatic carbocycles. The van der Waals surface area contributed by atoms with Crippen LogP contribution in [0.4, 0.5) is 11.4 Å². The Bertz CT molecular complexity index is 464. The molecule has 1 aromatic carbocycles. The number of rotatable bonds is 4. The van der Waals surface area contributed by atoms with Crippen molar-refractivity contribution in [2.24, 2.45) is 0 Å². The quantitative estimate of drug-likeness (QED) is 0.497. The highest BCUT2D eigenvalue weighted by Gasteiger charge is 2.27. The number of nitro groups is 1. The molecule has 0 radical (unpaired) electrons. The molecule has 0 aliphatic heterocycles. The van der Waals surface area contributed by atoms with Gasteiger partial charge in [-0.05, 0) is 25.0 Å². The van der Waals surface area contributed by atoms with E-state index in [4.69, 9.17) is 4.74 Å². The van der Waals surface area contributed by atoms with E-state index in [0.717, 1.165) is 31.7 Å². The molecular formula is C13H18N2O4. The van der Waals surface area contributed by atoms with Gasteiger partial charge in [0.25, 0.3) is 5.69 Å². The topological polar surface area (TPSA) is 84.6 Å². The predicted octanol–water partition coefficient (Wildman–Crippen LogP) is 2.67. The van der Waals surface area contributed by atoms with E-state index in [0.29, 0.717) is 5.69 Å². The maximum atomic E-state index is 11.0. The normalized spacial score (nSPS) is 23.0. The molecule has 2 rings (SSSR count). The lowest BCUT2D eigenvalue weighted by molar-refractivity contribution is -0.384. The molecule has 0 amide bonds. The van der Waals surface area contributed by atoms with Crippen LogP contribution in [0, 0.1) is 10.1 Å². The van der Waals surface area contributed by atoms with Gasteiger partial charge in [0.2, 0.25) is 0 Å². The number of nitro benzene ring substituents is 1. The summed E-state index contributed by atoms with van der Waals surface area (Å²) in [5.41, 5.74) is 0.317. The zero-order valence-corrected chi connectivity index (χ0v) is 10.8. The van der Waals surface area contributed by atoms with Gasteiger partial charge < -0.3 is 15.2 Å². The monoisotopic (exact) mass is 266 g/mol. The fraction of sp³-hybridized carbons (Fsp3) is 0.538. The molecule has 2 atom stereocenters. The van der Waals surface area contributed by atoms with E-state index in [1.54, 1.807) is 7.11 Å². The number of hydrogen-bond acceptors (Lipinski definition) is 5. The van der Waals surface area contributed by atoms with Gasteiger partial charge in [-0.3, -0.25) is 10.1 Å². The van der Waals surface area contributed by atoms with Gasteiger partial charge >= 0.3 is 0 Å². The number of phenols is 1. The van der Waals surface area contributed by atoms with Crippen LogP contribution in [-0.2, 0) is 4.74 Å². The van der Waals surface area contributed by atoms with E-state index in [1.165, 1.54) is 12.1 Å². The third-order valence-corrected chi connectivity index (χ3v) is 3.52. The summed E-state index contributed by atoms with van der Waals surface area (Å²) in [6, 6.07) is 4.21. The number of aromatic hydroxyl groups is 1. The maximum absolute atomic E-state index is 11.0. The van der Waals surface area contributed by atoms with Gasteiger partial charge in [0.05, 0.1) is 23.1 Å². The minimum atomic E-state index is -0.493. The van der Waals surface area contributed by atoms with Crippen LogP contribution in [0.15, 0.2) is 18.2 Å². The van der Waals surface area contributed by atoms with Gasteiger partial charge in [-0.25, -0.2) is 0 Å². The van der Waals surface area contributed by atoms with E-state index in [9.17, 15) is 15.2 Å². The molecule has 1 aliphatic rings. The second kappa shape index (κ2) is 5.88. The summed E-state index contributed by atoms with van der Waals surface area (Å²) in [6.07, 6.45) is 4.16. The van der Waals surface area contributed by atoms with E-state index >= 15 is 0 Å². The molecule has 0 heterocycles. The van der Waals surface area contributed by atoms with Crippen molar-refractivity contribution in [1.82, 2.24) is 0 Å². The number of benzene rings is 1. The largest absolute Gasteiger partial charge is 0.508 e. The molecule has 2 N–H and O–H groups in total. The summed E-state index contributed by atoms with van der Waals surface area (Å²) >= 11 is 0. The van der Waals surface area contributed by atoms with Crippen LogP contribution < -0.4 is 5.32 Å². The smallest absolute Gasteiger partial charge is 0.296 e. The third kappa shape index (κ3) is 3.14. The highest BCUT2D eigenvalue weighted by atomic mass is 16.6. The van der Waals surface area contributed by atoms with Crippen LogP contribution in [0.3, 0.4) is 0 Å².